The molecule has 1 aliphatic heterocycles. The van der Waals surface area contributed by atoms with Crippen LogP contribution in [0.25, 0.3) is 0 Å². The fourth-order valence-corrected chi connectivity index (χ4v) is 2.18. The van der Waals surface area contributed by atoms with Crippen LogP contribution in [0.3, 0.4) is 0 Å². The van der Waals surface area contributed by atoms with Crippen LogP contribution in [-0.2, 0) is 4.79 Å². The van der Waals surface area contributed by atoms with Gasteiger partial charge in [0.15, 0.2) is 0 Å². The minimum Gasteiger partial charge on any atom is -0.383 e. The van der Waals surface area contributed by atoms with Gasteiger partial charge < -0.3 is 16.0 Å². The largest absolute Gasteiger partial charge is 0.383 e. The van der Waals surface area contributed by atoms with Crippen LogP contribution in [0.4, 0.5) is 11.6 Å². The first-order valence-corrected chi connectivity index (χ1v) is 6.21. The molecule has 0 bridgehead atoms. The summed E-state index contributed by atoms with van der Waals surface area (Å²) in [6.07, 6.45) is 1.97. The van der Waals surface area contributed by atoms with Gasteiger partial charge in [-0.1, -0.05) is 13.8 Å². The van der Waals surface area contributed by atoms with E-state index < -0.39 is 0 Å². The zero-order valence-corrected chi connectivity index (χ0v) is 10.8. The summed E-state index contributed by atoms with van der Waals surface area (Å²) in [6, 6.07) is 0. The summed E-state index contributed by atoms with van der Waals surface area (Å²) in [4.78, 5) is 21.9. The molecule has 6 heteroatoms. The second kappa shape index (κ2) is 5.20. The van der Waals surface area contributed by atoms with Crippen LogP contribution in [0.1, 0.15) is 31.7 Å². The summed E-state index contributed by atoms with van der Waals surface area (Å²) in [6.45, 7) is 6.20. The van der Waals surface area contributed by atoms with Gasteiger partial charge in [-0.15, -0.1) is 0 Å². The van der Waals surface area contributed by atoms with E-state index in [1.54, 1.807) is 0 Å². The van der Waals surface area contributed by atoms with Crippen molar-refractivity contribution in [3.63, 3.8) is 0 Å². The molecular formula is C12H19N5O. The van der Waals surface area contributed by atoms with Crippen molar-refractivity contribution < 1.29 is 4.79 Å². The van der Waals surface area contributed by atoms with Crippen LogP contribution in [0.2, 0.25) is 0 Å². The van der Waals surface area contributed by atoms with Crippen LogP contribution < -0.4 is 16.0 Å². The molecule has 2 rings (SSSR count). The van der Waals surface area contributed by atoms with Gasteiger partial charge in [-0.3, -0.25) is 4.79 Å². The van der Waals surface area contributed by atoms with Crippen LogP contribution in [-0.4, -0.2) is 35.5 Å². The lowest BCUT2D eigenvalue weighted by atomic mass is 10.0. The maximum absolute atomic E-state index is 11.4. The Bertz CT molecular complexity index is 446. The molecule has 1 fully saturated rings. The summed E-state index contributed by atoms with van der Waals surface area (Å²) < 4.78 is 0. The Morgan fingerprint density at radius 3 is 2.89 bits per heavy atom. The minimum atomic E-state index is 0.0885. The van der Waals surface area contributed by atoms with E-state index in [2.05, 4.69) is 34.0 Å². The molecule has 1 aromatic heterocycles. The number of nitrogens with two attached hydrogens (primary N) is 1. The van der Waals surface area contributed by atoms with Crippen molar-refractivity contribution in [1.82, 2.24) is 15.3 Å². The molecule has 0 saturated carbocycles. The molecule has 0 spiro atoms. The van der Waals surface area contributed by atoms with E-state index in [1.807, 2.05) is 0 Å². The zero-order chi connectivity index (χ0) is 13.1. The first-order chi connectivity index (χ1) is 8.59. The molecule has 1 amide bonds. The molecule has 3 N–H and O–H groups in total. The fraction of sp³-hybridized carbons (Fsp3) is 0.583. The van der Waals surface area contributed by atoms with Crippen molar-refractivity contribution in [2.24, 2.45) is 0 Å². The third-order valence-corrected chi connectivity index (χ3v) is 3.08. The standard InChI is InChI=1S/C12H19N5O/c1-8(2)10-11(13)15-7-16-12(10)17-5-3-9(18)14-4-6-17/h7-8H,3-6H2,1-2H3,(H,14,18)(H2,13,15,16). The normalized spacial score (nSPS) is 16.6. The first kappa shape index (κ1) is 12.6. The molecular weight excluding hydrogens is 230 g/mol. The monoisotopic (exact) mass is 249 g/mol. The predicted molar refractivity (Wildman–Crippen MR) is 70.4 cm³/mol. The van der Waals surface area contributed by atoms with Crippen molar-refractivity contribution in [2.75, 3.05) is 30.3 Å². The molecule has 6 nitrogen and oxygen atoms in total. The molecule has 98 valence electrons. The van der Waals surface area contributed by atoms with Crippen molar-refractivity contribution >= 4 is 17.5 Å². The van der Waals surface area contributed by atoms with E-state index in [0.717, 1.165) is 17.9 Å². The van der Waals surface area contributed by atoms with Crippen molar-refractivity contribution in [1.29, 1.82) is 0 Å². The van der Waals surface area contributed by atoms with Crippen LogP contribution >= 0.6 is 0 Å². The van der Waals surface area contributed by atoms with Gasteiger partial charge in [-0.2, -0.15) is 0 Å². The first-order valence-electron chi connectivity index (χ1n) is 6.21. The number of nitrogen functional groups attached to an aromatic ring is 1. The van der Waals surface area contributed by atoms with Crippen LogP contribution in [0, 0.1) is 0 Å². The SMILES string of the molecule is CC(C)c1c(N)ncnc1N1CCNC(=O)CC1. The summed E-state index contributed by atoms with van der Waals surface area (Å²) in [5, 5.41) is 2.85. The quantitative estimate of drug-likeness (QED) is 0.797. The molecule has 18 heavy (non-hydrogen) atoms. The highest BCUT2D eigenvalue weighted by molar-refractivity contribution is 5.77. The number of carbonyl (C=O) groups excluding carboxylic acids is 1. The highest BCUT2D eigenvalue weighted by Crippen LogP contribution is 2.29. The number of amides is 1. The number of nitrogens with zero attached hydrogens (tertiary/aromatic N) is 3. The molecule has 1 aliphatic rings. The molecule has 0 unspecified atom stereocenters. The second-order valence-corrected chi connectivity index (χ2v) is 4.74. The number of rotatable bonds is 2. The average molecular weight is 249 g/mol. The highest BCUT2D eigenvalue weighted by Gasteiger charge is 2.20. The van der Waals surface area contributed by atoms with Gasteiger partial charge in [0.25, 0.3) is 0 Å². The summed E-state index contributed by atoms with van der Waals surface area (Å²) in [5.74, 6) is 1.73. The average Bonchev–Trinajstić information content (AvgIpc) is 2.53. The molecule has 1 aromatic rings. The van der Waals surface area contributed by atoms with Crippen LogP contribution in [0.5, 0.6) is 0 Å². The number of nitrogens with one attached hydrogen (secondary N) is 1. The lowest BCUT2D eigenvalue weighted by Crippen LogP contribution is -2.30. The van der Waals surface area contributed by atoms with E-state index >= 15 is 0 Å². The van der Waals surface area contributed by atoms with Crippen molar-refractivity contribution in [2.45, 2.75) is 26.2 Å². The van der Waals surface area contributed by atoms with Gasteiger partial charge >= 0.3 is 0 Å². The molecule has 0 aromatic carbocycles. The third-order valence-electron chi connectivity index (χ3n) is 3.08. The van der Waals surface area contributed by atoms with Gasteiger partial charge in [0.05, 0.1) is 0 Å². The summed E-state index contributed by atoms with van der Waals surface area (Å²) >= 11 is 0. The minimum absolute atomic E-state index is 0.0885. The number of carbonyl (C=O) groups is 1. The number of aromatic nitrogens is 2. The van der Waals surface area contributed by atoms with E-state index in [9.17, 15) is 4.79 Å². The van der Waals surface area contributed by atoms with Gasteiger partial charge in [0.2, 0.25) is 5.91 Å². The van der Waals surface area contributed by atoms with E-state index in [4.69, 9.17) is 5.73 Å². The Morgan fingerprint density at radius 2 is 2.17 bits per heavy atom. The lowest BCUT2D eigenvalue weighted by Gasteiger charge is -2.25. The smallest absolute Gasteiger partial charge is 0.221 e. The number of anilines is 2. The summed E-state index contributed by atoms with van der Waals surface area (Å²) in [7, 11) is 0. The van der Waals surface area contributed by atoms with E-state index in [0.29, 0.717) is 25.3 Å². The van der Waals surface area contributed by atoms with Crippen molar-refractivity contribution in [3.8, 4) is 0 Å². The Kier molecular flexibility index (Phi) is 3.64. The van der Waals surface area contributed by atoms with Gasteiger partial charge in [0.1, 0.15) is 18.0 Å². The number of hydrogen-bond acceptors (Lipinski definition) is 5. The molecule has 1 saturated heterocycles. The fourth-order valence-electron chi connectivity index (χ4n) is 2.18. The molecule has 2 heterocycles. The third kappa shape index (κ3) is 2.52. The predicted octanol–water partition coefficient (Wildman–Crippen LogP) is 0.508. The van der Waals surface area contributed by atoms with E-state index in [1.165, 1.54) is 6.33 Å². The second-order valence-electron chi connectivity index (χ2n) is 4.74. The van der Waals surface area contributed by atoms with Crippen LogP contribution in [0.15, 0.2) is 6.33 Å². The maximum Gasteiger partial charge on any atom is 0.221 e. The zero-order valence-electron chi connectivity index (χ0n) is 10.8. The lowest BCUT2D eigenvalue weighted by molar-refractivity contribution is -0.120. The number of hydrogen-bond donors (Lipinski definition) is 2. The Labute approximate surface area is 107 Å². The van der Waals surface area contributed by atoms with Gasteiger partial charge in [-0.25, -0.2) is 9.97 Å². The topological polar surface area (TPSA) is 84.1 Å². The Balaban J connectivity index is 2.32. The van der Waals surface area contributed by atoms with Gasteiger partial charge in [-0.05, 0) is 5.92 Å². The molecule has 0 aliphatic carbocycles. The maximum atomic E-state index is 11.4. The van der Waals surface area contributed by atoms with Gasteiger partial charge in [0, 0.05) is 31.6 Å². The van der Waals surface area contributed by atoms with Crippen molar-refractivity contribution in [3.05, 3.63) is 11.9 Å². The molecule has 0 atom stereocenters. The molecule has 0 radical (unpaired) electrons. The Hall–Kier alpha value is -1.85. The summed E-state index contributed by atoms with van der Waals surface area (Å²) in [5.41, 5.74) is 6.90. The highest BCUT2D eigenvalue weighted by atomic mass is 16.1. The Morgan fingerprint density at radius 1 is 1.39 bits per heavy atom. The van der Waals surface area contributed by atoms with E-state index in [-0.39, 0.29) is 11.8 Å².